The second-order valence-electron chi connectivity index (χ2n) is 5.84. The molecule has 0 bridgehead atoms. The van der Waals surface area contributed by atoms with E-state index in [0.29, 0.717) is 24.6 Å². The van der Waals surface area contributed by atoms with Gasteiger partial charge in [-0.2, -0.15) is 23.3 Å². The first-order chi connectivity index (χ1) is 13.0. The summed E-state index contributed by atoms with van der Waals surface area (Å²) in [6, 6.07) is 14.6. The fourth-order valence-electron chi connectivity index (χ4n) is 2.53. The number of alkyl halides is 3. The molecule has 2 aromatic carbocycles. The van der Waals surface area contributed by atoms with Crippen molar-refractivity contribution in [3.05, 3.63) is 71.9 Å². The van der Waals surface area contributed by atoms with Gasteiger partial charge in [0.15, 0.2) is 5.82 Å². The Morgan fingerprint density at radius 3 is 2.33 bits per heavy atom. The van der Waals surface area contributed by atoms with Gasteiger partial charge in [-0.15, -0.1) is 5.10 Å². The SMILES string of the molecule is CCN(Cc1ccccc1)c1cnnc(Nc2ccc(C(F)(F)F)cc2)n1. The zero-order valence-electron chi connectivity index (χ0n) is 14.6. The fourth-order valence-corrected chi connectivity index (χ4v) is 2.53. The summed E-state index contributed by atoms with van der Waals surface area (Å²) in [5.74, 6) is 0.851. The molecule has 3 rings (SSSR count). The molecule has 1 N–H and O–H groups in total. The van der Waals surface area contributed by atoms with E-state index >= 15 is 0 Å². The van der Waals surface area contributed by atoms with E-state index in [2.05, 4.69) is 20.5 Å². The summed E-state index contributed by atoms with van der Waals surface area (Å²) in [5.41, 5.74) is 0.879. The molecule has 0 amide bonds. The Morgan fingerprint density at radius 1 is 1.00 bits per heavy atom. The van der Waals surface area contributed by atoms with Gasteiger partial charge in [-0.25, -0.2) is 0 Å². The van der Waals surface area contributed by atoms with Crippen LogP contribution in [0, 0.1) is 0 Å². The first-order valence-corrected chi connectivity index (χ1v) is 8.38. The number of rotatable bonds is 6. The van der Waals surface area contributed by atoms with Crippen LogP contribution in [0.4, 0.5) is 30.6 Å². The maximum absolute atomic E-state index is 12.6. The minimum atomic E-state index is -4.37. The Kier molecular flexibility index (Phi) is 5.54. The van der Waals surface area contributed by atoms with E-state index in [-0.39, 0.29) is 5.95 Å². The van der Waals surface area contributed by atoms with E-state index in [0.717, 1.165) is 17.7 Å². The molecule has 0 unspecified atom stereocenters. The Labute approximate surface area is 154 Å². The molecule has 27 heavy (non-hydrogen) atoms. The molecule has 1 heterocycles. The number of halogens is 3. The molecule has 0 aliphatic rings. The van der Waals surface area contributed by atoms with Crippen molar-refractivity contribution in [2.24, 2.45) is 0 Å². The Morgan fingerprint density at radius 2 is 1.70 bits per heavy atom. The van der Waals surface area contributed by atoms with Crippen LogP contribution in [0.25, 0.3) is 0 Å². The lowest BCUT2D eigenvalue weighted by Crippen LogP contribution is -2.23. The molecule has 1 aromatic heterocycles. The van der Waals surface area contributed by atoms with Crippen molar-refractivity contribution < 1.29 is 13.2 Å². The molecular weight excluding hydrogens is 355 g/mol. The summed E-state index contributed by atoms with van der Waals surface area (Å²) < 4.78 is 37.9. The van der Waals surface area contributed by atoms with Crippen LogP contribution in [-0.2, 0) is 12.7 Å². The van der Waals surface area contributed by atoms with Crippen molar-refractivity contribution in [2.45, 2.75) is 19.6 Å². The molecular formula is C19H18F3N5. The van der Waals surface area contributed by atoms with Gasteiger partial charge in [-0.05, 0) is 36.8 Å². The minimum absolute atomic E-state index is 0.221. The summed E-state index contributed by atoms with van der Waals surface area (Å²) >= 11 is 0. The monoisotopic (exact) mass is 373 g/mol. The molecule has 0 aliphatic heterocycles. The third kappa shape index (κ3) is 4.93. The molecule has 0 saturated carbocycles. The highest BCUT2D eigenvalue weighted by molar-refractivity contribution is 5.55. The predicted molar refractivity (Wildman–Crippen MR) is 97.7 cm³/mol. The van der Waals surface area contributed by atoms with Crippen molar-refractivity contribution in [1.82, 2.24) is 15.2 Å². The molecule has 0 fully saturated rings. The molecule has 8 heteroatoms. The van der Waals surface area contributed by atoms with Gasteiger partial charge >= 0.3 is 6.18 Å². The topological polar surface area (TPSA) is 53.9 Å². The van der Waals surface area contributed by atoms with Crippen LogP contribution in [0.15, 0.2) is 60.8 Å². The van der Waals surface area contributed by atoms with Crippen molar-refractivity contribution in [1.29, 1.82) is 0 Å². The van der Waals surface area contributed by atoms with Crippen molar-refractivity contribution in [2.75, 3.05) is 16.8 Å². The van der Waals surface area contributed by atoms with Gasteiger partial charge in [0.1, 0.15) is 0 Å². The van der Waals surface area contributed by atoms with Gasteiger partial charge in [0.25, 0.3) is 0 Å². The first-order valence-electron chi connectivity index (χ1n) is 8.38. The maximum Gasteiger partial charge on any atom is 0.416 e. The van der Waals surface area contributed by atoms with Gasteiger partial charge in [0.2, 0.25) is 5.95 Å². The number of anilines is 3. The summed E-state index contributed by atoms with van der Waals surface area (Å²) in [4.78, 5) is 6.46. The maximum atomic E-state index is 12.6. The molecule has 0 radical (unpaired) electrons. The van der Waals surface area contributed by atoms with Crippen LogP contribution in [0.2, 0.25) is 0 Å². The van der Waals surface area contributed by atoms with Crippen molar-refractivity contribution in [3.8, 4) is 0 Å². The Hall–Kier alpha value is -3.16. The minimum Gasteiger partial charge on any atom is -0.351 e. The summed E-state index contributed by atoms with van der Waals surface area (Å²) in [5, 5.41) is 10.7. The van der Waals surface area contributed by atoms with E-state index in [1.165, 1.54) is 12.1 Å². The van der Waals surface area contributed by atoms with Crippen LogP contribution in [0.3, 0.4) is 0 Å². The van der Waals surface area contributed by atoms with Crippen molar-refractivity contribution in [3.63, 3.8) is 0 Å². The average Bonchev–Trinajstić information content (AvgIpc) is 2.67. The standard InChI is InChI=1S/C19H18F3N5/c1-2-27(13-14-6-4-3-5-7-14)17-12-23-26-18(25-17)24-16-10-8-15(9-11-16)19(20,21)22/h3-12H,2,13H2,1H3,(H,24,25,26). The molecule has 140 valence electrons. The van der Waals surface area contributed by atoms with Gasteiger partial charge < -0.3 is 10.2 Å². The highest BCUT2D eigenvalue weighted by Gasteiger charge is 2.29. The van der Waals surface area contributed by atoms with Crippen LogP contribution in [-0.4, -0.2) is 21.7 Å². The zero-order chi connectivity index (χ0) is 19.3. The van der Waals surface area contributed by atoms with Gasteiger partial charge in [-0.1, -0.05) is 30.3 Å². The lowest BCUT2D eigenvalue weighted by molar-refractivity contribution is -0.137. The third-order valence-corrected chi connectivity index (χ3v) is 3.94. The highest BCUT2D eigenvalue weighted by Crippen LogP contribution is 2.30. The van der Waals surface area contributed by atoms with E-state index in [1.807, 2.05) is 42.2 Å². The number of benzene rings is 2. The van der Waals surface area contributed by atoms with Gasteiger partial charge in [0, 0.05) is 18.8 Å². The summed E-state index contributed by atoms with van der Waals surface area (Å²) in [6.07, 6.45) is -2.81. The van der Waals surface area contributed by atoms with Gasteiger partial charge in [0.05, 0.1) is 11.8 Å². The highest BCUT2D eigenvalue weighted by atomic mass is 19.4. The number of hydrogen-bond donors (Lipinski definition) is 1. The van der Waals surface area contributed by atoms with Crippen LogP contribution in [0.1, 0.15) is 18.1 Å². The first kappa shape index (κ1) is 18.6. The number of nitrogens with one attached hydrogen (secondary N) is 1. The van der Waals surface area contributed by atoms with Crippen LogP contribution in [0.5, 0.6) is 0 Å². The molecule has 0 spiro atoms. The van der Waals surface area contributed by atoms with Crippen molar-refractivity contribution >= 4 is 17.5 Å². The lowest BCUT2D eigenvalue weighted by atomic mass is 10.2. The summed E-state index contributed by atoms with van der Waals surface area (Å²) in [6.45, 7) is 3.39. The van der Waals surface area contributed by atoms with E-state index in [4.69, 9.17) is 0 Å². The normalized spacial score (nSPS) is 11.3. The molecule has 5 nitrogen and oxygen atoms in total. The number of hydrogen-bond acceptors (Lipinski definition) is 5. The van der Waals surface area contributed by atoms with Crippen LogP contribution < -0.4 is 10.2 Å². The molecule has 0 atom stereocenters. The second-order valence-corrected chi connectivity index (χ2v) is 5.84. The molecule has 3 aromatic rings. The number of nitrogens with zero attached hydrogens (tertiary/aromatic N) is 4. The number of aromatic nitrogens is 3. The van der Waals surface area contributed by atoms with E-state index < -0.39 is 11.7 Å². The largest absolute Gasteiger partial charge is 0.416 e. The van der Waals surface area contributed by atoms with Gasteiger partial charge in [-0.3, -0.25) is 0 Å². The van der Waals surface area contributed by atoms with E-state index in [1.54, 1.807) is 6.20 Å². The molecule has 0 saturated heterocycles. The van der Waals surface area contributed by atoms with E-state index in [9.17, 15) is 13.2 Å². The zero-order valence-corrected chi connectivity index (χ0v) is 14.6. The Bertz CT molecular complexity index is 867. The quantitative estimate of drug-likeness (QED) is 0.681. The smallest absolute Gasteiger partial charge is 0.351 e. The average molecular weight is 373 g/mol. The summed E-state index contributed by atoms with van der Waals surface area (Å²) in [7, 11) is 0. The third-order valence-electron chi connectivity index (χ3n) is 3.94. The molecule has 0 aliphatic carbocycles. The Balaban J connectivity index is 1.74. The lowest BCUT2D eigenvalue weighted by Gasteiger charge is -2.21. The second kappa shape index (κ2) is 8.03. The fraction of sp³-hybridized carbons (Fsp3) is 0.211. The van der Waals surface area contributed by atoms with Crippen LogP contribution >= 0.6 is 0 Å². The predicted octanol–water partition coefficient (Wildman–Crippen LogP) is 4.66.